The van der Waals surface area contributed by atoms with Crippen LogP contribution in [0.1, 0.15) is 65.1 Å². The van der Waals surface area contributed by atoms with Crippen LogP contribution in [0, 0.1) is 13.8 Å². The van der Waals surface area contributed by atoms with Crippen molar-refractivity contribution in [1.82, 2.24) is 9.88 Å². The summed E-state index contributed by atoms with van der Waals surface area (Å²) in [6.45, 7) is 8.94. The predicted octanol–water partition coefficient (Wildman–Crippen LogP) is 5.16. The zero-order valence-corrected chi connectivity index (χ0v) is 16.7. The van der Waals surface area contributed by atoms with Gasteiger partial charge in [0.25, 0.3) is 5.91 Å². The molecule has 0 bridgehead atoms. The van der Waals surface area contributed by atoms with Crippen molar-refractivity contribution in [2.24, 2.45) is 0 Å². The number of nitrogens with zero attached hydrogens (tertiary/aromatic N) is 2. The third-order valence-electron chi connectivity index (χ3n) is 4.34. The summed E-state index contributed by atoms with van der Waals surface area (Å²) in [4.78, 5) is 20.1. The van der Waals surface area contributed by atoms with Crippen molar-refractivity contribution in [2.45, 2.75) is 53.0 Å². The Bertz CT molecular complexity index is 694. The van der Waals surface area contributed by atoms with Gasteiger partial charge in [-0.05, 0) is 51.5 Å². The average molecular weight is 361 g/mol. The Morgan fingerprint density at radius 1 is 1.24 bits per heavy atom. The first-order chi connectivity index (χ1) is 11.9. The van der Waals surface area contributed by atoms with Gasteiger partial charge < -0.3 is 9.64 Å². The SMILES string of the molecule is CCCCCOc1ccc(C(=O)N(C)C(C)c2sc(C)nc2C)cc1. The van der Waals surface area contributed by atoms with E-state index in [4.69, 9.17) is 4.74 Å². The molecule has 1 aromatic heterocycles. The van der Waals surface area contributed by atoms with Crippen LogP contribution in [-0.2, 0) is 0 Å². The van der Waals surface area contributed by atoms with Crippen molar-refractivity contribution in [3.05, 3.63) is 45.4 Å². The first-order valence-electron chi connectivity index (χ1n) is 8.88. The monoisotopic (exact) mass is 360 g/mol. The fourth-order valence-corrected chi connectivity index (χ4v) is 3.75. The molecular formula is C20H28N2O2S. The van der Waals surface area contributed by atoms with Gasteiger partial charge in [0.15, 0.2) is 0 Å². The summed E-state index contributed by atoms with van der Waals surface area (Å²) in [6, 6.07) is 7.43. The van der Waals surface area contributed by atoms with Crippen LogP contribution in [0.4, 0.5) is 0 Å². The van der Waals surface area contributed by atoms with Gasteiger partial charge in [-0.15, -0.1) is 11.3 Å². The van der Waals surface area contributed by atoms with Crippen LogP contribution < -0.4 is 4.74 Å². The maximum Gasteiger partial charge on any atom is 0.254 e. The van der Waals surface area contributed by atoms with Crippen LogP contribution in [-0.4, -0.2) is 29.4 Å². The van der Waals surface area contributed by atoms with E-state index in [0.717, 1.165) is 34.4 Å². The molecule has 5 heteroatoms. The summed E-state index contributed by atoms with van der Waals surface area (Å²) in [6.07, 6.45) is 3.42. The third kappa shape index (κ3) is 5.05. The Balaban J connectivity index is 2.00. The highest BCUT2D eigenvalue weighted by atomic mass is 32.1. The van der Waals surface area contributed by atoms with Gasteiger partial charge >= 0.3 is 0 Å². The van der Waals surface area contributed by atoms with E-state index in [1.165, 1.54) is 12.8 Å². The smallest absolute Gasteiger partial charge is 0.254 e. The van der Waals surface area contributed by atoms with Crippen LogP contribution in [0.5, 0.6) is 5.75 Å². The largest absolute Gasteiger partial charge is 0.494 e. The molecule has 2 rings (SSSR count). The number of carbonyl (C=O) groups is 1. The number of aryl methyl sites for hydroxylation is 2. The van der Waals surface area contributed by atoms with Crippen LogP contribution in [0.3, 0.4) is 0 Å². The van der Waals surface area contributed by atoms with E-state index in [0.29, 0.717) is 5.56 Å². The molecule has 0 saturated heterocycles. The molecule has 1 unspecified atom stereocenters. The number of amides is 1. The Morgan fingerprint density at radius 2 is 1.92 bits per heavy atom. The minimum Gasteiger partial charge on any atom is -0.494 e. The van der Waals surface area contributed by atoms with Crippen molar-refractivity contribution >= 4 is 17.2 Å². The first kappa shape index (κ1) is 19.4. The van der Waals surface area contributed by atoms with Gasteiger partial charge in [0, 0.05) is 17.5 Å². The zero-order valence-electron chi connectivity index (χ0n) is 15.8. The van der Waals surface area contributed by atoms with Crippen molar-refractivity contribution in [2.75, 3.05) is 13.7 Å². The number of benzene rings is 1. The lowest BCUT2D eigenvalue weighted by molar-refractivity contribution is 0.0744. The van der Waals surface area contributed by atoms with E-state index in [9.17, 15) is 4.79 Å². The second kappa shape index (κ2) is 8.99. The first-order valence-corrected chi connectivity index (χ1v) is 9.69. The molecule has 0 aliphatic heterocycles. The van der Waals surface area contributed by atoms with Crippen LogP contribution >= 0.6 is 11.3 Å². The lowest BCUT2D eigenvalue weighted by Gasteiger charge is -2.24. The highest BCUT2D eigenvalue weighted by molar-refractivity contribution is 7.11. The van der Waals surface area contributed by atoms with E-state index in [1.54, 1.807) is 16.2 Å². The summed E-state index contributed by atoms with van der Waals surface area (Å²) in [5, 5.41) is 1.03. The van der Waals surface area contributed by atoms with Crippen molar-refractivity contribution in [3.63, 3.8) is 0 Å². The molecule has 2 aromatic rings. The molecule has 1 amide bonds. The van der Waals surface area contributed by atoms with Crippen LogP contribution in [0.25, 0.3) is 0 Å². The lowest BCUT2D eigenvalue weighted by atomic mass is 10.1. The van der Waals surface area contributed by atoms with Gasteiger partial charge in [0.1, 0.15) is 5.75 Å². The topological polar surface area (TPSA) is 42.4 Å². The van der Waals surface area contributed by atoms with Crippen molar-refractivity contribution in [3.8, 4) is 5.75 Å². The average Bonchev–Trinajstić information content (AvgIpc) is 2.95. The van der Waals surface area contributed by atoms with Crippen molar-refractivity contribution in [1.29, 1.82) is 0 Å². The molecule has 0 N–H and O–H groups in total. The molecule has 0 radical (unpaired) electrons. The molecule has 0 saturated carbocycles. The van der Waals surface area contributed by atoms with Gasteiger partial charge in [-0.25, -0.2) is 4.98 Å². The Morgan fingerprint density at radius 3 is 2.48 bits per heavy atom. The normalized spacial score (nSPS) is 12.0. The van der Waals surface area contributed by atoms with E-state index >= 15 is 0 Å². The lowest BCUT2D eigenvalue weighted by Crippen LogP contribution is -2.29. The summed E-state index contributed by atoms with van der Waals surface area (Å²) >= 11 is 1.65. The number of carbonyl (C=O) groups excluding carboxylic acids is 1. The molecule has 4 nitrogen and oxygen atoms in total. The molecule has 0 aliphatic carbocycles. The molecule has 1 heterocycles. The van der Waals surface area contributed by atoms with E-state index in [-0.39, 0.29) is 11.9 Å². The number of thiazole rings is 1. The Hall–Kier alpha value is -1.88. The molecule has 1 aromatic carbocycles. The predicted molar refractivity (Wildman–Crippen MR) is 104 cm³/mol. The molecule has 0 spiro atoms. The summed E-state index contributed by atoms with van der Waals surface area (Å²) < 4.78 is 5.71. The van der Waals surface area contributed by atoms with Crippen LogP contribution in [0.15, 0.2) is 24.3 Å². The standard InChI is InChI=1S/C20H28N2O2S/c1-6-7-8-13-24-18-11-9-17(10-12-18)20(23)22(5)15(3)19-14(2)21-16(4)25-19/h9-12,15H,6-8,13H2,1-5H3. The maximum absolute atomic E-state index is 12.8. The Kier molecular flexibility index (Phi) is 7.00. The summed E-state index contributed by atoms with van der Waals surface area (Å²) in [5.41, 5.74) is 1.68. The van der Waals surface area contributed by atoms with E-state index in [2.05, 4.69) is 11.9 Å². The van der Waals surface area contributed by atoms with E-state index in [1.807, 2.05) is 52.1 Å². The third-order valence-corrected chi connectivity index (χ3v) is 5.58. The highest BCUT2D eigenvalue weighted by Gasteiger charge is 2.22. The van der Waals surface area contributed by atoms with Gasteiger partial charge in [0.05, 0.1) is 23.4 Å². The quantitative estimate of drug-likeness (QED) is 0.611. The van der Waals surface area contributed by atoms with Gasteiger partial charge in [-0.3, -0.25) is 4.79 Å². The number of unbranched alkanes of at least 4 members (excludes halogenated alkanes) is 2. The molecule has 0 fully saturated rings. The minimum atomic E-state index is 0.00340. The number of hydrogen-bond acceptors (Lipinski definition) is 4. The minimum absolute atomic E-state index is 0.00340. The molecule has 1 atom stereocenters. The van der Waals surface area contributed by atoms with Gasteiger partial charge in [0.2, 0.25) is 0 Å². The van der Waals surface area contributed by atoms with Gasteiger partial charge in [-0.2, -0.15) is 0 Å². The molecule has 136 valence electrons. The zero-order chi connectivity index (χ0) is 18.4. The fourth-order valence-electron chi connectivity index (χ4n) is 2.73. The summed E-state index contributed by atoms with van der Waals surface area (Å²) in [7, 11) is 1.84. The molecule has 0 aliphatic rings. The van der Waals surface area contributed by atoms with E-state index < -0.39 is 0 Å². The van der Waals surface area contributed by atoms with Gasteiger partial charge in [-0.1, -0.05) is 19.8 Å². The summed E-state index contributed by atoms with van der Waals surface area (Å²) in [5.74, 6) is 0.827. The Labute approximate surface area is 154 Å². The number of ether oxygens (including phenoxy) is 1. The second-order valence-corrected chi connectivity index (χ2v) is 7.59. The number of hydrogen-bond donors (Lipinski definition) is 0. The highest BCUT2D eigenvalue weighted by Crippen LogP contribution is 2.29. The number of rotatable bonds is 8. The molecule has 25 heavy (non-hydrogen) atoms. The maximum atomic E-state index is 12.8. The number of aromatic nitrogens is 1. The van der Waals surface area contributed by atoms with Crippen molar-refractivity contribution < 1.29 is 9.53 Å². The molecular weight excluding hydrogens is 332 g/mol. The van der Waals surface area contributed by atoms with Crippen LogP contribution in [0.2, 0.25) is 0 Å². The second-order valence-electron chi connectivity index (χ2n) is 6.35. The fraction of sp³-hybridized carbons (Fsp3) is 0.500.